The van der Waals surface area contributed by atoms with Gasteiger partial charge in [-0.1, -0.05) is 30.3 Å². The van der Waals surface area contributed by atoms with Crippen LogP contribution >= 0.6 is 0 Å². The van der Waals surface area contributed by atoms with Crippen molar-refractivity contribution in [2.24, 2.45) is 0 Å². The summed E-state index contributed by atoms with van der Waals surface area (Å²) in [5.74, 6) is 0. The molecule has 1 aromatic rings. The number of ether oxygens (including phenoxy) is 2. The lowest BCUT2D eigenvalue weighted by Crippen LogP contribution is -2.45. The van der Waals surface area contributed by atoms with Gasteiger partial charge in [0.1, 0.15) is 24.4 Å². The van der Waals surface area contributed by atoms with Crippen LogP contribution in [-0.2, 0) is 9.47 Å². The van der Waals surface area contributed by atoms with E-state index in [1.807, 2.05) is 6.07 Å². The first-order valence-electron chi connectivity index (χ1n) is 6.11. The average molecular weight is 270 g/mol. The molecule has 1 unspecified atom stereocenters. The van der Waals surface area contributed by atoms with Crippen LogP contribution in [0.4, 0.5) is 0 Å². The average Bonchev–Trinajstić information content (AvgIpc) is 2.58. The minimum Gasteiger partial charge on any atom is -0.394 e. The van der Waals surface area contributed by atoms with Crippen molar-refractivity contribution in [2.45, 2.75) is 30.7 Å². The maximum Gasteiger partial charge on any atom is 0.184 e. The van der Waals surface area contributed by atoms with Gasteiger partial charge in [-0.15, -0.1) is 0 Å². The number of benzene rings is 1. The SMILES string of the molecule is OC[C@@H]1OC(c2ccccc2)O[C@H](CO)[C@@H](O)[C@@H]1O. The van der Waals surface area contributed by atoms with E-state index in [0.29, 0.717) is 5.56 Å². The molecular weight excluding hydrogens is 252 g/mol. The standard InChI is InChI=1S/C13H18O6/c14-6-9-11(16)12(17)10(7-15)19-13(18-9)8-4-2-1-3-5-8/h1-5,9-17H,6-7H2/t9-,10+,11-,12-,13?/m1/s1. The summed E-state index contributed by atoms with van der Waals surface area (Å²) in [6, 6.07) is 8.94. The van der Waals surface area contributed by atoms with Gasteiger partial charge in [-0.25, -0.2) is 0 Å². The second-order valence-electron chi connectivity index (χ2n) is 4.44. The van der Waals surface area contributed by atoms with Gasteiger partial charge in [0.05, 0.1) is 13.2 Å². The zero-order valence-electron chi connectivity index (χ0n) is 10.3. The molecule has 1 aromatic carbocycles. The van der Waals surface area contributed by atoms with E-state index in [-0.39, 0.29) is 0 Å². The highest BCUT2D eigenvalue weighted by molar-refractivity contribution is 5.16. The molecule has 5 atom stereocenters. The molecule has 0 spiro atoms. The highest BCUT2D eigenvalue weighted by atomic mass is 16.7. The fourth-order valence-corrected chi connectivity index (χ4v) is 2.02. The Labute approximate surface area is 110 Å². The molecule has 1 heterocycles. The predicted octanol–water partition coefficient (Wildman–Crippen LogP) is -0.824. The molecule has 0 aliphatic carbocycles. The van der Waals surface area contributed by atoms with Crippen molar-refractivity contribution in [3.8, 4) is 0 Å². The predicted molar refractivity (Wildman–Crippen MR) is 65.1 cm³/mol. The molecule has 1 aliphatic heterocycles. The molecule has 1 fully saturated rings. The first-order chi connectivity index (χ1) is 9.17. The summed E-state index contributed by atoms with van der Waals surface area (Å²) in [5.41, 5.74) is 0.681. The molecule has 0 bridgehead atoms. The highest BCUT2D eigenvalue weighted by Gasteiger charge is 2.40. The van der Waals surface area contributed by atoms with Gasteiger partial charge in [0, 0.05) is 5.56 Å². The van der Waals surface area contributed by atoms with E-state index in [4.69, 9.17) is 9.47 Å². The number of rotatable bonds is 3. The number of hydrogen-bond acceptors (Lipinski definition) is 6. The van der Waals surface area contributed by atoms with Crippen molar-refractivity contribution in [3.63, 3.8) is 0 Å². The second-order valence-corrected chi connectivity index (χ2v) is 4.44. The molecular formula is C13H18O6. The van der Waals surface area contributed by atoms with Gasteiger partial charge < -0.3 is 29.9 Å². The Bertz CT molecular complexity index is 366. The van der Waals surface area contributed by atoms with E-state index < -0.39 is 43.9 Å². The van der Waals surface area contributed by atoms with E-state index in [0.717, 1.165) is 0 Å². The summed E-state index contributed by atoms with van der Waals surface area (Å²) >= 11 is 0. The summed E-state index contributed by atoms with van der Waals surface area (Å²) in [6.07, 6.45) is -5.46. The molecule has 1 saturated heterocycles. The van der Waals surface area contributed by atoms with Crippen LogP contribution in [0.3, 0.4) is 0 Å². The molecule has 0 aromatic heterocycles. The fourth-order valence-electron chi connectivity index (χ4n) is 2.02. The third-order valence-electron chi connectivity index (χ3n) is 3.14. The minimum atomic E-state index is -1.32. The van der Waals surface area contributed by atoms with E-state index >= 15 is 0 Å². The van der Waals surface area contributed by atoms with Gasteiger partial charge in [-0.05, 0) is 0 Å². The van der Waals surface area contributed by atoms with Crippen LogP contribution in [0.5, 0.6) is 0 Å². The Morgan fingerprint density at radius 3 is 1.74 bits per heavy atom. The van der Waals surface area contributed by atoms with Crippen LogP contribution in [-0.4, -0.2) is 58.1 Å². The normalized spacial score (nSPS) is 35.9. The van der Waals surface area contributed by atoms with Gasteiger partial charge in [-0.2, -0.15) is 0 Å². The zero-order valence-corrected chi connectivity index (χ0v) is 10.3. The first-order valence-corrected chi connectivity index (χ1v) is 6.11. The molecule has 6 nitrogen and oxygen atoms in total. The van der Waals surface area contributed by atoms with Gasteiger partial charge in [-0.3, -0.25) is 0 Å². The molecule has 0 amide bonds. The van der Waals surface area contributed by atoms with Crippen molar-refractivity contribution in [2.75, 3.05) is 13.2 Å². The van der Waals surface area contributed by atoms with Crippen molar-refractivity contribution >= 4 is 0 Å². The number of aliphatic hydroxyl groups excluding tert-OH is 4. The maximum absolute atomic E-state index is 9.86. The van der Waals surface area contributed by atoms with E-state index in [9.17, 15) is 20.4 Å². The van der Waals surface area contributed by atoms with Crippen LogP contribution < -0.4 is 0 Å². The lowest BCUT2D eigenvalue weighted by Gasteiger charge is -2.23. The summed E-state index contributed by atoms with van der Waals surface area (Å²) in [5, 5.41) is 38.1. The van der Waals surface area contributed by atoms with Crippen molar-refractivity contribution in [1.82, 2.24) is 0 Å². The molecule has 106 valence electrons. The van der Waals surface area contributed by atoms with Gasteiger partial charge in [0.25, 0.3) is 0 Å². The van der Waals surface area contributed by atoms with Gasteiger partial charge in [0.2, 0.25) is 0 Å². The molecule has 19 heavy (non-hydrogen) atoms. The van der Waals surface area contributed by atoms with E-state index in [1.54, 1.807) is 24.3 Å². The number of aliphatic hydroxyl groups is 4. The lowest BCUT2D eigenvalue weighted by molar-refractivity contribution is -0.199. The largest absolute Gasteiger partial charge is 0.394 e. The Morgan fingerprint density at radius 2 is 1.32 bits per heavy atom. The maximum atomic E-state index is 9.86. The van der Waals surface area contributed by atoms with Gasteiger partial charge >= 0.3 is 0 Å². The third-order valence-corrected chi connectivity index (χ3v) is 3.14. The monoisotopic (exact) mass is 270 g/mol. The molecule has 6 heteroatoms. The minimum absolute atomic E-state index is 0.455. The smallest absolute Gasteiger partial charge is 0.184 e. The molecule has 4 N–H and O–H groups in total. The molecule has 2 rings (SSSR count). The van der Waals surface area contributed by atoms with Crippen molar-refractivity contribution < 1.29 is 29.9 Å². The van der Waals surface area contributed by atoms with E-state index in [1.165, 1.54) is 0 Å². The third kappa shape index (κ3) is 3.11. The van der Waals surface area contributed by atoms with Crippen LogP contribution in [0.25, 0.3) is 0 Å². The lowest BCUT2D eigenvalue weighted by atomic mass is 10.0. The summed E-state index contributed by atoms with van der Waals surface area (Å²) in [7, 11) is 0. The first kappa shape index (κ1) is 14.4. The fraction of sp³-hybridized carbons (Fsp3) is 0.538. The van der Waals surface area contributed by atoms with Crippen molar-refractivity contribution in [3.05, 3.63) is 35.9 Å². The van der Waals surface area contributed by atoms with Crippen molar-refractivity contribution in [1.29, 1.82) is 0 Å². The summed E-state index contributed by atoms with van der Waals surface area (Å²) < 4.78 is 10.9. The van der Waals surface area contributed by atoms with Crippen LogP contribution in [0.1, 0.15) is 11.9 Å². The Balaban J connectivity index is 2.24. The molecule has 1 aliphatic rings. The van der Waals surface area contributed by atoms with Crippen LogP contribution in [0.15, 0.2) is 30.3 Å². The Kier molecular flexibility index (Phi) is 4.87. The second kappa shape index (κ2) is 6.42. The Hall–Kier alpha value is -1.02. The van der Waals surface area contributed by atoms with Crippen LogP contribution in [0, 0.1) is 0 Å². The van der Waals surface area contributed by atoms with Crippen LogP contribution in [0.2, 0.25) is 0 Å². The molecule has 0 saturated carbocycles. The van der Waals surface area contributed by atoms with Gasteiger partial charge in [0.15, 0.2) is 6.29 Å². The number of hydrogen-bond donors (Lipinski definition) is 4. The molecule has 0 radical (unpaired) electrons. The quantitative estimate of drug-likeness (QED) is 0.572. The zero-order chi connectivity index (χ0) is 13.8. The topological polar surface area (TPSA) is 99.4 Å². The summed E-state index contributed by atoms with van der Waals surface area (Å²) in [6.45, 7) is -0.911. The summed E-state index contributed by atoms with van der Waals surface area (Å²) in [4.78, 5) is 0. The van der Waals surface area contributed by atoms with E-state index in [2.05, 4.69) is 0 Å². The Morgan fingerprint density at radius 1 is 0.842 bits per heavy atom. The highest BCUT2D eigenvalue weighted by Crippen LogP contribution is 2.29.